The second-order valence-corrected chi connectivity index (χ2v) is 3.13. The van der Waals surface area contributed by atoms with E-state index in [-0.39, 0.29) is 12.3 Å². The van der Waals surface area contributed by atoms with Gasteiger partial charge < -0.3 is 14.8 Å². The third-order valence-corrected chi connectivity index (χ3v) is 1.86. The number of carboxylic acids is 1. The van der Waals surface area contributed by atoms with Crippen molar-refractivity contribution in [1.82, 2.24) is 4.57 Å². The lowest BCUT2D eigenvalue weighted by molar-refractivity contribution is -0.141. The van der Waals surface area contributed by atoms with Crippen molar-refractivity contribution < 1.29 is 15.0 Å². The molecule has 0 aromatic carbocycles. The quantitative estimate of drug-likeness (QED) is 0.729. The fourth-order valence-electron chi connectivity index (χ4n) is 1.02. The van der Waals surface area contributed by atoms with Gasteiger partial charge in [0.25, 0.3) is 0 Å². The molecule has 1 rings (SSSR count). The summed E-state index contributed by atoms with van der Waals surface area (Å²) in [6, 6.07) is 1.20. The predicted molar refractivity (Wildman–Crippen MR) is 49.2 cm³/mol. The summed E-state index contributed by atoms with van der Waals surface area (Å²) in [4.78, 5) is 21.3. The molecule has 1 aromatic heterocycles. The van der Waals surface area contributed by atoms with Gasteiger partial charge >= 0.3 is 5.97 Å². The van der Waals surface area contributed by atoms with Crippen LogP contribution in [0.25, 0.3) is 0 Å². The number of carbonyl (C=O) groups is 1. The number of aliphatic carboxylic acids is 1. The van der Waals surface area contributed by atoms with Crippen LogP contribution in [0.1, 0.15) is 6.92 Å². The first kappa shape index (κ1) is 10.3. The van der Waals surface area contributed by atoms with E-state index in [9.17, 15) is 9.59 Å². The zero-order valence-electron chi connectivity index (χ0n) is 7.67. The van der Waals surface area contributed by atoms with E-state index in [2.05, 4.69) is 0 Å². The van der Waals surface area contributed by atoms with Gasteiger partial charge in [-0.2, -0.15) is 0 Å². The van der Waals surface area contributed by atoms with E-state index in [4.69, 9.17) is 10.2 Å². The van der Waals surface area contributed by atoms with Crippen molar-refractivity contribution in [2.75, 3.05) is 0 Å². The highest BCUT2D eigenvalue weighted by Gasteiger charge is 2.11. The van der Waals surface area contributed by atoms with Gasteiger partial charge in [-0.05, 0) is 0 Å². The summed E-state index contributed by atoms with van der Waals surface area (Å²) in [6.07, 6.45) is 2.67. The van der Waals surface area contributed by atoms with Crippen LogP contribution >= 0.6 is 0 Å². The van der Waals surface area contributed by atoms with Crippen LogP contribution in [0, 0.1) is 5.92 Å². The maximum atomic E-state index is 10.8. The van der Waals surface area contributed by atoms with Crippen LogP contribution < -0.4 is 5.43 Å². The standard InChI is InChI=1S/C9H11NO4/c1-6(9(13)14)4-10-3-2-7(11)8(12)5-10/h2-3,5-6,12H,4H2,1H3,(H,13,14)/t6-/m0/s1. The van der Waals surface area contributed by atoms with Gasteiger partial charge in [-0.15, -0.1) is 0 Å². The Morgan fingerprint density at radius 3 is 2.79 bits per heavy atom. The highest BCUT2D eigenvalue weighted by molar-refractivity contribution is 5.69. The Bertz CT molecular complexity index is 396. The largest absolute Gasteiger partial charge is 0.503 e. The van der Waals surface area contributed by atoms with Crippen LogP contribution in [0.5, 0.6) is 5.75 Å². The summed E-state index contributed by atoms with van der Waals surface area (Å²) in [5.74, 6) is -1.84. The number of hydrogen-bond acceptors (Lipinski definition) is 3. The van der Waals surface area contributed by atoms with Crippen LogP contribution in [-0.2, 0) is 11.3 Å². The Kier molecular flexibility index (Phi) is 2.91. The van der Waals surface area contributed by atoms with Crippen molar-refractivity contribution in [3.05, 3.63) is 28.7 Å². The van der Waals surface area contributed by atoms with E-state index < -0.39 is 17.3 Å². The molecule has 0 saturated heterocycles. The topological polar surface area (TPSA) is 79.5 Å². The molecule has 0 saturated carbocycles. The average Bonchev–Trinajstić information content (AvgIpc) is 2.11. The van der Waals surface area contributed by atoms with Crippen molar-refractivity contribution in [2.45, 2.75) is 13.5 Å². The van der Waals surface area contributed by atoms with Crippen LogP contribution in [0.2, 0.25) is 0 Å². The van der Waals surface area contributed by atoms with Gasteiger partial charge in [0.05, 0.1) is 5.92 Å². The SMILES string of the molecule is C[C@@H](Cn1ccc(=O)c(O)c1)C(=O)O. The van der Waals surface area contributed by atoms with Gasteiger partial charge in [-0.1, -0.05) is 6.92 Å². The van der Waals surface area contributed by atoms with Gasteiger partial charge in [0.15, 0.2) is 5.75 Å². The Hall–Kier alpha value is -1.78. The second-order valence-electron chi connectivity index (χ2n) is 3.13. The predicted octanol–water partition coefficient (Wildman–Crippen LogP) is 0.275. The number of aromatic hydroxyl groups is 1. The van der Waals surface area contributed by atoms with Gasteiger partial charge in [0.1, 0.15) is 0 Å². The Morgan fingerprint density at radius 2 is 2.29 bits per heavy atom. The molecule has 1 heterocycles. The van der Waals surface area contributed by atoms with Crippen molar-refractivity contribution in [3.63, 3.8) is 0 Å². The van der Waals surface area contributed by atoms with Crippen LogP contribution in [-0.4, -0.2) is 20.7 Å². The average molecular weight is 197 g/mol. The van der Waals surface area contributed by atoms with E-state index in [1.165, 1.54) is 23.0 Å². The summed E-state index contributed by atoms with van der Waals surface area (Å²) in [6.45, 7) is 1.78. The van der Waals surface area contributed by atoms with Crippen molar-refractivity contribution in [3.8, 4) is 5.75 Å². The third-order valence-electron chi connectivity index (χ3n) is 1.86. The van der Waals surface area contributed by atoms with Crippen molar-refractivity contribution in [2.24, 2.45) is 5.92 Å². The fraction of sp³-hybridized carbons (Fsp3) is 0.333. The zero-order valence-corrected chi connectivity index (χ0v) is 7.67. The summed E-state index contributed by atoms with van der Waals surface area (Å²) in [5.41, 5.74) is -0.468. The maximum Gasteiger partial charge on any atom is 0.308 e. The molecule has 0 unspecified atom stereocenters. The van der Waals surface area contributed by atoms with E-state index in [0.29, 0.717) is 0 Å². The molecule has 0 aliphatic carbocycles. The molecule has 0 spiro atoms. The summed E-state index contributed by atoms with van der Waals surface area (Å²) < 4.78 is 1.47. The molecule has 5 heteroatoms. The molecule has 1 aromatic rings. The molecule has 5 nitrogen and oxygen atoms in total. The summed E-state index contributed by atoms with van der Waals surface area (Å²) in [5, 5.41) is 17.7. The number of aromatic nitrogens is 1. The molecule has 0 bridgehead atoms. The fourth-order valence-corrected chi connectivity index (χ4v) is 1.02. The molecule has 0 fully saturated rings. The minimum absolute atomic E-state index is 0.225. The highest BCUT2D eigenvalue weighted by Crippen LogP contribution is 2.04. The smallest absolute Gasteiger partial charge is 0.308 e. The Morgan fingerprint density at radius 1 is 1.64 bits per heavy atom. The number of hydrogen-bond donors (Lipinski definition) is 2. The molecule has 0 aliphatic heterocycles. The second kappa shape index (κ2) is 3.95. The maximum absolute atomic E-state index is 10.8. The first-order chi connectivity index (χ1) is 6.50. The van der Waals surface area contributed by atoms with Gasteiger partial charge in [-0.3, -0.25) is 9.59 Å². The number of rotatable bonds is 3. The third kappa shape index (κ3) is 2.35. The number of nitrogens with zero attached hydrogens (tertiary/aromatic N) is 1. The molecule has 2 N–H and O–H groups in total. The first-order valence-corrected chi connectivity index (χ1v) is 4.12. The Labute approximate surface area is 80.2 Å². The normalized spacial score (nSPS) is 12.4. The molecule has 0 amide bonds. The van der Waals surface area contributed by atoms with E-state index >= 15 is 0 Å². The Balaban J connectivity index is 2.83. The first-order valence-electron chi connectivity index (χ1n) is 4.12. The zero-order chi connectivity index (χ0) is 10.7. The number of carboxylic acid groups (broad SMARTS) is 1. The van der Waals surface area contributed by atoms with Crippen molar-refractivity contribution in [1.29, 1.82) is 0 Å². The monoisotopic (exact) mass is 197 g/mol. The number of pyridine rings is 1. The summed E-state index contributed by atoms with van der Waals surface area (Å²) in [7, 11) is 0. The van der Waals surface area contributed by atoms with Gasteiger partial charge in [-0.25, -0.2) is 0 Å². The van der Waals surface area contributed by atoms with Crippen LogP contribution in [0.4, 0.5) is 0 Å². The molecule has 0 radical (unpaired) electrons. The van der Waals surface area contributed by atoms with E-state index in [1.807, 2.05) is 0 Å². The minimum Gasteiger partial charge on any atom is -0.503 e. The molecular formula is C9H11NO4. The van der Waals surface area contributed by atoms with Crippen LogP contribution in [0.15, 0.2) is 23.3 Å². The van der Waals surface area contributed by atoms with Crippen LogP contribution in [0.3, 0.4) is 0 Å². The minimum atomic E-state index is -0.914. The molecule has 0 aliphatic rings. The highest BCUT2D eigenvalue weighted by atomic mass is 16.4. The molecular weight excluding hydrogens is 186 g/mol. The molecule has 76 valence electrons. The lowest BCUT2D eigenvalue weighted by atomic mass is 10.2. The lowest BCUT2D eigenvalue weighted by Gasteiger charge is -2.09. The van der Waals surface area contributed by atoms with E-state index in [0.717, 1.165) is 0 Å². The van der Waals surface area contributed by atoms with Gasteiger partial charge in [0, 0.05) is 25.0 Å². The lowest BCUT2D eigenvalue weighted by Crippen LogP contribution is -2.17. The molecule has 1 atom stereocenters. The molecule has 14 heavy (non-hydrogen) atoms. The van der Waals surface area contributed by atoms with Gasteiger partial charge in [0.2, 0.25) is 5.43 Å². The summed E-state index contributed by atoms with van der Waals surface area (Å²) >= 11 is 0. The van der Waals surface area contributed by atoms with Crippen molar-refractivity contribution >= 4 is 5.97 Å². The van der Waals surface area contributed by atoms with E-state index in [1.54, 1.807) is 6.92 Å².